The van der Waals surface area contributed by atoms with Crippen LogP contribution < -0.4 is 15.5 Å². The van der Waals surface area contributed by atoms with Gasteiger partial charge in [0.25, 0.3) is 11.8 Å². The summed E-state index contributed by atoms with van der Waals surface area (Å²) in [6.45, 7) is 0.378. The van der Waals surface area contributed by atoms with Crippen LogP contribution in [-0.4, -0.2) is 32.0 Å². The lowest BCUT2D eigenvalue weighted by Crippen LogP contribution is -3.11. The first kappa shape index (κ1) is 18.9. The van der Waals surface area contributed by atoms with Gasteiger partial charge in [0.15, 0.2) is 13.1 Å². The second kappa shape index (κ2) is 8.66. The Labute approximate surface area is 162 Å². The molecule has 3 aromatic rings. The van der Waals surface area contributed by atoms with E-state index in [1.54, 1.807) is 24.3 Å². The number of hydrogen-bond acceptors (Lipinski definition) is 2. The summed E-state index contributed by atoms with van der Waals surface area (Å²) >= 11 is 5.83. The van der Waals surface area contributed by atoms with Crippen molar-refractivity contribution in [2.24, 2.45) is 0 Å². The van der Waals surface area contributed by atoms with Gasteiger partial charge in [-0.25, -0.2) is 0 Å². The highest BCUT2D eigenvalue weighted by molar-refractivity contribution is 6.30. The third kappa shape index (κ3) is 5.29. The van der Waals surface area contributed by atoms with Crippen molar-refractivity contribution in [2.45, 2.75) is 0 Å². The first-order chi connectivity index (χ1) is 13.0. The second-order valence-electron chi connectivity index (χ2n) is 6.44. The molecule has 6 heteroatoms. The molecule has 0 spiro atoms. The molecule has 5 nitrogen and oxygen atoms in total. The Hall–Kier alpha value is -2.89. The number of nitrogens with one attached hydrogen (secondary N) is 3. The number of quaternary nitrogens is 1. The molecule has 0 heterocycles. The Morgan fingerprint density at radius 3 is 2.22 bits per heavy atom. The monoisotopic (exact) mass is 382 g/mol. The van der Waals surface area contributed by atoms with Crippen LogP contribution in [0.15, 0.2) is 66.7 Å². The molecule has 3 aromatic carbocycles. The predicted molar refractivity (Wildman–Crippen MR) is 109 cm³/mol. The van der Waals surface area contributed by atoms with Gasteiger partial charge in [-0.05, 0) is 35.7 Å². The van der Waals surface area contributed by atoms with Crippen LogP contribution in [0.3, 0.4) is 0 Å². The zero-order valence-corrected chi connectivity index (χ0v) is 15.7. The normalized spacial score (nSPS) is 11.8. The zero-order chi connectivity index (χ0) is 19.2. The number of fused-ring (bicyclic) bond motifs is 1. The number of amides is 2. The average Bonchev–Trinajstić information content (AvgIpc) is 2.63. The van der Waals surface area contributed by atoms with E-state index in [-0.39, 0.29) is 24.9 Å². The molecule has 0 fully saturated rings. The minimum atomic E-state index is -0.159. The molecule has 0 saturated carbocycles. The van der Waals surface area contributed by atoms with E-state index in [2.05, 4.69) is 10.6 Å². The Morgan fingerprint density at radius 2 is 1.48 bits per heavy atom. The van der Waals surface area contributed by atoms with E-state index in [4.69, 9.17) is 11.6 Å². The minimum Gasteiger partial charge on any atom is -0.322 e. The molecule has 0 bridgehead atoms. The van der Waals surface area contributed by atoms with Crippen LogP contribution >= 0.6 is 11.6 Å². The standard InChI is InChI=1S/C21H20ClN3O2/c1-25(13-20(26)23-17-11-9-16(22)10-12-17)14-21(27)24-19-8-4-6-15-5-2-3-7-18(15)19/h2-12H,13-14H2,1H3,(H,23,26)(H,24,27)/p+1. The third-order valence-electron chi connectivity index (χ3n) is 4.12. The van der Waals surface area contributed by atoms with Gasteiger partial charge in [0.2, 0.25) is 0 Å². The lowest BCUT2D eigenvalue weighted by molar-refractivity contribution is -0.862. The molecule has 27 heavy (non-hydrogen) atoms. The van der Waals surface area contributed by atoms with E-state index in [0.717, 1.165) is 21.4 Å². The summed E-state index contributed by atoms with van der Waals surface area (Å²) in [4.78, 5) is 25.3. The number of carbonyl (C=O) groups excluding carboxylic acids is 2. The highest BCUT2D eigenvalue weighted by atomic mass is 35.5. The van der Waals surface area contributed by atoms with Gasteiger partial charge in [0, 0.05) is 21.8 Å². The van der Waals surface area contributed by atoms with Crippen molar-refractivity contribution in [1.29, 1.82) is 0 Å². The van der Waals surface area contributed by atoms with E-state index >= 15 is 0 Å². The molecule has 3 N–H and O–H groups in total. The van der Waals surface area contributed by atoms with E-state index in [1.165, 1.54) is 0 Å². The van der Waals surface area contributed by atoms with Gasteiger partial charge in [0.1, 0.15) is 0 Å². The van der Waals surface area contributed by atoms with E-state index < -0.39 is 0 Å². The van der Waals surface area contributed by atoms with Gasteiger partial charge < -0.3 is 15.5 Å². The predicted octanol–water partition coefficient (Wildman–Crippen LogP) is 2.59. The largest absolute Gasteiger partial charge is 0.322 e. The third-order valence-corrected chi connectivity index (χ3v) is 4.37. The number of anilines is 2. The van der Waals surface area contributed by atoms with Crippen LogP contribution in [0.25, 0.3) is 10.8 Å². The molecule has 0 aliphatic carbocycles. The van der Waals surface area contributed by atoms with E-state index in [0.29, 0.717) is 10.7 Å². The molecule has 1 atom stereocenters. The van der Waals surface area contributed by atoms with Crippen LogP contribution in [0.2, 0.25) is 5.02 Å². The van der Waals surface area contributed by atoms with Gasteiger partial charge in [-0.1, -0.05) is 48.0 Å². The maximum absolute atomic E-state index is 12.4. The average molecular weight is 383 g/mol. The van der Waals surface area contributed by atoms with Crippen molar-refractivity contribution in [2.75, 3.05) is 30.8 Å². The van der Waals surface area contributed by atoms with Gasteiger partial charge in [-0.2, -0.15) is 0 Å². The fourth-order valence-corrected chi connectivity index (χ4v) is 3.00. The maximum Gasteiger partial charge on any atom is 0.279 e. The lowest BCUT2D eigenvalue weighted by atomic mass is 10.1. The Kier molecular flexibility index (Phi) is 6.06. The van der Waals surface area contributed by atoms with Crippen LogP contribution in [0.5, 0.6) is 0 Å². The highest BCUT2D eigenvalue weighted by Gasteiger charge is 2.15. The fourth-order valence-electron chi connectivity index (χ4n) is 2.88. The molecule has 1 unspecified atom stereocenters. The lowest BCUT2D eigenvalue weighted by Gasteiger charge is -2.14. The van der Waals surface area contributed by atoms with E-state index in [9.17, 15) is 9.59 Å². The number of hydrogen-bond donors (Lipinski definition) is 3. The summed E-state index contributed by atoms with van der Waals surface area (Å²) in [5.41, 5.74) is 1.45. The maximum atomic E-state index is 12.4. The minimum absolute atomic E-state index is 0.136. The molecule has 3 rings (SSSR count). The molecular formula is C21H21ClN3O2+. The highest BCUT2D eigenvalue weighted by Crippen LogP contribution is 2.22. The number of rotatable bonds is 6. The van der Waals surface area contributed by atoms with Gasteiger partial charge in [-0.3, -0.25) is 9.59 Å². The summed E-state index contributed by atoms with van der Waals surface area (Å²) < 4.78 is 0. The van der Waals surface area contributed by atoms with Gasteiger partial charge in [-0.15, -0.1) is 0 Å². The molecule has 2 amide bonds. The second-order valence-corrected chi connectivity index (χ2v) is 6.88. The summed E-state index contributed by atoms with van der Waals surface area (Å²) in [6, 6.07) is 20.6. The Morgan fingerprint density at radius 1 is 0.852 bits per heavy atom. The van der Waals surface area contributed by atoms with Crippen molar-refractivity contribution in [3.8, 4) is 0 Å². The number of carbonyl (C=O) groups is 2. The van der Waals surface area contributed by atoms with Crippen LogP contribution in [0.4, 0.5) is 11.4 Å². The van der Waals surface area contributed by atoms with Crippen molar-refractivity contribution in [3.05, 3.63) is 71.8 Å². The summed E-state index contributed by atoms with van der Waals surface area (Å²) in [5.74, 6) is -0.295. The van der Waals surface area contributed by atoms with E-state index in [1.807, 2.05) is 49.5 Å². The first-order valence-corrected chi connectivity index (χ1v) is 9.03. The Bertz CT molecular complexity index is 952. The molecule has 0 aromatic heterocycles. The number of benzene rings is 3. The van der Waals surface area contributed by atoms with Crippen molar-refractivity contribution in [1.82, 2.24) is 0 Å². The number of halogens is 1. The molecule has 0 aliphatic rings. The topological polar surface area (TPSA) is 62.6 Å². The van der Waals surface area contributed by atoms with Crippen molar-refractivity contribution in [3.63, 3.8) is 0 Å². The van der Waals surface area contributed by atoms with Crippen LogP contribution in [-0.2, 0) is 9.59 Å². The van der Waals surface area contributed by atoms with Gasteiger partial charge >= 0.3 is 0 Å². The summed E-state index contributed by atoms with van der Waals surface area (Å²) in [5, 5.41) is 8.41. The molecule has 138 valence electrons. The molecule has 0 saturated heterocycles. The summed E-state index contributed by atoms with van der Waals surface area (Å²) in [7, 11) is 1.81. The SMILES string of the molecule is C[NH+](CC(=O)Nc1ccc(Cl)cc1)CC(=O)Nc1cccc2ccccc12. The Balaban J connectivity index is 1.54. The smallest absolute Gasteiger partial charge is 0.279 e. The molecular weight excluding hydrogens is 362 g/mol. The first-order valence-electron chi connectivity index (χ1n) is 8.65. The van der Waals surface area contributed by atoms with Crippen molar-refractivity contribution < 1.29 is 14.5 Å². The van der Waals surface area contributed by atoms with Gasteiger partial charge in [0.05, 0.1) is 7.05 Å². The molecule has 0 radical (unpaired) electrons. The number of likely N-dealkylation sites (N-methyl/N-ethyl adjacent to an activating group) is 1. The zero-order valence-electron chi connectivity index (χ0n) is 15.0. The van der Waals surface area contributed by atoms with Crippen LogP contribution in [0.1, 0.15) is 0 Å². The van der Waals surface area contributed by atoms with Crippen molar-refractivity contribution >= 4 is 45.6 Å². The summed E-state index contributed by atoms with van der Waals surface area (Å²) in [6.07, 6.45) is 0. The quantitative estimate of drug-likeness (QED) is 0.613. The molecule has 0 aliphatic heterocycles. The fraction of sp³-hybridized carbons (Fsp3) is 0.143. The van der Waals surface area contributed by atoms with Crippen LogP contribution in [0, 0.1) is 0 Å².